The molecule has 1 atom stereocenters. The number of methoxy groups -OCH3 is 1. The number of cyclic esters (lactones) is 1. The van der Waals surface area contributed by atoms with Crippen molar-refractivity contribution in [2.45, 2.75) is 32.3 Å². The van der Waals surface area contributed by atoms with E-state index in [1.807, 2.05) is 54.6 Å². The molecule has 1 fully saturated rings. The van der Waals surface area contributed by atoms with E-state index in [1.54, 1.807) is 4.90 Å². The Balaban J connectivity index is 1.56. The summed E-state index contributed by atoms with van der Waals surface area (Å²) in [5.41, 5.74) is 4.04. The maximum absolute atomic E-state index is 12.6. The third-order valence-corrected chi connectivity index (χ3v) is 5.96. The molecule has 0 N–H and O–H groups in total. The Hall–Kier alpha value is -3.74. The average Bonchev–Trinajstić information content (AvgIpc) is 3.19. The first-order valence-electron chi connectivity index (χ1n) is 11.5. The van der Waals surface area contributed by atoms with Gasteiger partial charge >= 0.3 is 12.1 Å². The van der Waals surface area contributed by atoms with Crippen LogP contribution in [0.25, 0.3) is 0 Å². The lowest BCUT2D eigenvalue weighted by Gasteiger charge is -2.23. The van der Waals surface area contributed by atoms with Crippen LogP contribution in [0.15, 0.2) is 72.8 Å². The third-order valence-electron chi connectivity index (χ3n) is 5.96. The number of carbonyl (C=O) groups is 2. The second kappa shape index (κ2) is 10.9. The van der Waals surface area contributed by atoms with Crippen LogP contribution in [0, 0.1) is 0 Å². The molecule has 0 radical (unpaired) electrons. The Kier molecular flexibility index (Phi) is 7.53. The van der Waals surface area contributed by atoms with E-state index in [0.29, 0.717) is 24.7 Å². The first-order chi connectivity index (χ1) is 16.6. The van der Waals surface area contributed by atoms with E-state index < -0.39 is 0 Å². The standard InChI is InChI=1S/C27H28BNO5/c1-28-22-11-12-25(34-24-10-6-9-20(14-24)15-26(30)32-2)21(16-22)17-29-23(18-33-27(29)31)13-19-7-4-3-5-8-19/h3-12,14,16,23,28H,13,15,17-18H2,1-2H3/t23-/m0/s1. The van der Waals surface area contributed by atoms with Crippen molar-refractivity contribution in [2.75, 3.05) is 13.7 Å². The van der Waals surface area contributed by atoms with Gasteiger partial charge in [-0.3, -0.25) is 9.69 Å². The molecule has 0 saturated carbocycles. The van der Waals surface area contributed by atoms with Gasteiger partial charge in [0.1, 0.15) is 18.1 Å². The number of hydrogen-bond donors (Lipinski definition) is 0. The summed E-state index contributed by atoms with van der Waals surface area (Å²) in [4.78, 5) is 26.0. The molecule has 1 amide bonds. The number of benzene rings is 3. The zero-order valence-electron chi connectivity index (χ0n) is 19.5. The summed E-state index contributed by atoms with van der Waals surface area (Å²) in [5.74, 6) is 0.990. The number of amides is 1. The quantitative estimate of drug-likeness (QED) is 0.361. The Morgan fingerprint density at radius 2 is 1.85 bits per heavy atom. The highest BCUT2D eigenvalue weighted by Gasteiger charge is 2.33. The van der Waals surface area contributed by atoms with Crippen molar-refractivity contribution in [1.82, 2.24) is 4.90 Å². The monoisotopic (exact) mass is 457 g/mol. The number of carbonyl (C=O) groups excluding carboxylic acids is 2. The van der Waals surface area contributed by atoms with Crippen LogP contribution in [-0.4, -0.2) is 44.0 Å². The summed E-state index contributed by atoms with van der Waals surface area (Å²) >= 11 is 0. The van der Waals surface area contributed by atoms with E-state index in [4.69, 9.17) is 14.2 Å². The highest BCUT2D eigenvalue weighted by Crippen LogP contribution is 2.29. The van der Waals surface area contributed by atoms with Gasteiger partial charge in [-0.15, -0.1) is 0 Å². The van der Waals surface area contributed by atoms with Crippen LogP contribution < -0.4 is 10.2 Å². The van der Waals surface area contributed by atoms with Crippen LogP contribution >= 0.6 is 0 Å². The molecule has 4 rings (SSSR count). The minimum absolute atomic E-state index is 0.0450. The normalized spacial score (nSPS) is 15.1. The summed E-state index contributed by atoms with van der Waals surface area (Å²) in [6.45, 7) is 2.85. The highest BCUT2D eigenvalue weighted by molar-refractivity contribution is 6.51. The molecule has 7 heteroatoms. The smallest absolute Gasteiger partial charge is 0.410 e. The van der Waals surface area contributed by atoms with Gasteiger partial charge in [0.25, 0.3) is 0 Å². The van der Waals surface area contributed by atoms with Crippen molar-refractivity contribution < 1.29 is 23.8 Å². The van der Waals surface area contributed by atoms with Crippen LogP contribution in [0.3, 0.4) is 0 Å². The minimum atomic E-state index is -0.311. The van der Waals surface area contributed by atoms with Crippen LogP contribution in [0.2, 0.25) is 6.82 Å². The number of ether oxygens (including phenoxy) is 3. The average molecular weight is 457 g/mol. The third kappa shape index (κ3) is 5.79. The van der Waals surface area contributed by atoms with E-state index >= 15 is 0 Å². The van der Waals surface area contributed by atoms with Gasteiger partial charge in [0.05, 0.1) is 26.1 Å². The summed E-state index contributed by atoms with van der Waals surface area (Å²) in [7, 11) is 2.25. The summed E-state index contributed by atoms with van der Waals surface area (Å²) in [5, 5.41) is 0. The van der Waals surface area contributed by atoms with Crippen molar-refractivity contribution in [3.05, 3.63) is 89.5 Å². The molecule has 0 bridgehead atoms. The highest BCUT2D eigenvalue weighted by atomic mass is 16.6. The van der Waals surface area contributed by atoms with Crippen molar-refractivity contribution >= 4 is 24.8 Å². The lowest BCUT2D eigenvalue weighted by atomic mass is 9.73. The topological polar surface area (TPSA) is 65.1 Å². The first kappa shape index (κ1) is 23.4. The van der Waals surface area contributed by atoms with Crippen LogP contribution in [-0.2, 0) is 33.7 Å². The van der Waals surface area contributed by atoms with E-state index in [-0.39, 0.29) is 24.5 Å². The molecule has 0 aliphatic carbocycles. The largest absolute Gasteiger partial charge is 0.469 e. The van der Waals surface area contributed by atoms with E-state index in [0.717, 1.165) is 35.9 Å². The van der Waals surface area contributed by atoms with Crippen LogP contribution in [0.5, 0.6) is 11.5 Å². The second-order valence-corrected chi connectivity index (χ2v) is 8.35. The van der Waals surface area contributed by atoms with Crippen molar-refractivity contribution in [3.8, 4) is 11.5 Å². The maximum atomic E-state index is 12.6. The van der Waals surface area contributed by atoms with Gasteiger partial charge in [-0.1, -0.05) is 66.9 Å². The lowest BCUT2D eigenvalue weighted by Crippen LogP contribution is -2.35. The summed E-state index contributed by atoms with van der Waals surface area (Å²) < 4.78 is 16.4. The number of rotatable bonds is 9. The predicted molar refractivity (Wildman–Crippen MR) is 132 cm³/mol. The van der Waals surface area contributed by atoms with Gasteiger partial charge in [0.15, 0.2) is 7.28 Å². The number of nitrogens with zero attached hydrogens (tertiary/aromatic N) is 1. The fraction of sp³-hybridized carbons (Fsp3) is 0.259. The second-order valence-electron chi connectivity index (χ2n) is 8.35. The zero-order valence-corrected chi connectivity index (χ0v) is 19.5. The van der Waals surface area contributed by atoms with Crippen LogP contribution in [0.4, 0.5) is 4.79 Å². The first-order valence-corrected chi connectivity index (χ1v) is 11.5. The molecule has 3 aromatic rings. The van der Waals surface area contributed by atoms with Gasteiger partial charge in [0.2, 0.25) is 0 Å². The molecular weight excluding hydrogens is 429 g/mol. The Morgan fingerprint density at radius 3 is 2.62 bits per heavy atom. The molecule has 6 nitrogen and oxygen atoms in total. The Morgan fingerprint density at radius 1 is 1.06 bits per heavy atom. The maximum Gasteiger partial charge on any atom is 0.410 e. The van der Waals surface area contributed by atoms with E-state index in [1.165, 1.54) is 7.11 Å². The van der Waals surface area contributed by atoms with Crippen molar-refractivity contribution in [1.29, 1.82) is 0 Å². The van der Waals surface area contributed by atoms with Crippen molar-refractivity contribution in [3.63, 3.8) is 0 Å². The molecular formula is C27H28BNO5. The Labute approximate surface area is 200 Å². The molecule has 0 unspecified atom stereocenters. The lowest BCUT2D eigenvalue weighted by molar-refractivity contribution is -0.139. The number of hydrogen-bond acceptors (Lipinski definition) is 5. The fourth-order valence-corrected chi connectivity index (χ4v) is 4.08. The number of esters is 1. The van der Waals surface area contributed by atoms with Gasteiger partial charge in [0, 0.05) is 5.56 Å². The molecule has 0 aromatic heterocycles. The van der Waals surface area contributed by atoms with Crippen molar-refractivity contribution in [2.24, 2.45) is 0 Å². The molecule has 1 aliphatic rings. The van der Waals surface area contributed by atoms with E-state index in [9.17, 15) is 9.59 Å². The molecule has 34 heavy (non-hydrogen) atoms. The van der Waals surface area contributed by atoms with Gasteiger partial charge in [-0.2, -0.15) is 0 Å². The van der Waals surface area contributed by atoms with Gasteiger partial charge in [-0.05, 0) is 35.7 Å². The molecule has 0 spiro atoms. The van der Waals surface area contributed by atoms with Gasteiger partial charge in [-0.25, -0.2) is 4.79 Å². The van der Waals surface area contributed by atoms with Crippen LogP contribution in [0.1, 0.15) is 16.7 Å². The molecule has 1 aliphatic heterocycles. The molecule has 1 heterocycles. The minimum Gasteiger partial charge on any atom is -0.469 e. The van der Waals surface area contributed by atoms with Gasteiger partial charge < -0.3 is 14.2 Å². The van der Waals surface area contributed by atoms with E-state index in [2.05, 4.69) is 25.0 Å². The molecule has 3 aromatic carbocycles. The SMILES string of the molecule is CBc1ccc(Oc2cccc(CC(=O)OC)c2)c(CN2C(=O)OC[C@@H]2Cc2ccccc2)c1. The predicted octanol–water partition coefficient (Wildman–Crippen LogP) is 3.87. The summed E-state index contributed by atoms with van der Waals surface area (Å²) in [6, 6.07) is 23.5. The summed E-state index contributed by atoms with van der Waals surface area (Å²) in [6.07, 6.45) is 0.593. The Bertz CT molecular complexity index is 1150. The zero-order chi connectivity index (χ0) is 23.9. The molecule has 1 saturated heterocycles. The molecule has 174 valence electrons. The fourth-order valence-electron chi connectivity index (χ4n) is 4.08.